The molecule has 0 aromatic heterocycles. The van der Waals surface area contributed by atoms with Crippen molar-refractivity contribution >= 4 is 17.7 Å². The molecule has 132 valence electrons. The third-order valence-electron chi connectivity index (χ3n) is 4.41. The monoisotopic (exact) mass is 362 g/mol. The lowest BCUT2D eigenvalue weighted by molar-refractivity contribution is -0.139. The van der Waals surface area contributed by atoms with E-state index in [2.05, 4.69) is 4.90 Å². The average molecular weight is 362 g/mol. The fraction of sp³-hybridized carbons (Fsp3) is 0.562. The number of likely N-dealkylation sites (tertiary alicyclic amines) is 1. The van der Waals surface area contributed by atoms with Gasteiger partial charge in [-0.3, -0.25) is 4.79 Å². The average Bonchev–Trinajstić information content (AvgIpc) is 3.13. The zero-order valence-electron chi connectivity index (χ0n) is 13.0. The first-order chi connectivity index (χ1) is 11.4. The second kappa shape index (κ2) is 6.92. The molecule has 1 aromatic carbocycles. The lowest BCUT2D eigenvalue weighted by atomic mass is 10.1. The molecular formula is C16H18F4N2OS. The topological polar surface area (TPSA) is 23.6 Å². The molecule has 0 spiro atoms. The van der Waals surface area contributed by atoms with E-state index in [0.29, 0.717) is 13.1 Å². The van der Waals surface area contributed by atoms with Crippen LogP contribution in [0.2, 0.25) is 0 Å². The van der Waals surface area contributed by atoms with Gasteiger partial charge in [0.1, 0.15) is 11.2 Å². The van der Waals surface area contributed by atoms with E-state index in [9.17, 15) is 22.4 Å². The summed E-state index contributed by atoms with van der Waals surface area (Å²) in [6, 6.07) is 2.47. The largest absolute Gasteiger partial charge is 0.416 e. The number of amides is 1. The molecule has 0 bridgehead atoms. The minimum absolute atomic E-state index is 0.123. The van der Waals surface area contributed by atoms with Crippen LogP contribution >= 0.6 is 11.8 Å². The number of hydrogen-bond acceptors (Lipinski definition) is 3. The first kappa shape index (κ1) is 17.5. The molecule has 8 heteroatoms. The van der Waals surface area contributed by atoms with E-state index >= 15 is 0 Å². The summed E-state index contributed by atoms with van der Waals surface area (Å²) >= 11 is 1.12. The van der Waals surface area contributed by atoms with Crippen LogP contribution in [0.1, 0.15) is 29.3 Å². The van der Waals surface area contributed by atoms with Gasteiger partial charge in [-0.05, 0) is 49.7 Å². The molecule has 0 N–H and O–H groups in total. The molecule has 2 saturated heterocycles. The Balaban J connectivity index is 1.83. The Morgan fingerprint density at radius 1 is 1.17 bits per heavy atom. The standard InChI is InChI=1S/C16H18F4N2OS/c17-11-3-4-13(16(18,19)20)12(9-11)15-22(14(23)10-24-15)8-7-21-5-1-2-6-21/h3-4,9,15H,1-2,5-8,10H2. The zero-order chi connectivity index (χ0) is 17.3. The van der Waals surface area contributed by atoms with Crippen LogP contribution in [0.5, 0.6) is 0 Å². The van der Waals surface area contributed by atoms with Gasteiger partial charge < -0.3 is 9.80 Å². The molecular weight excluding hydrogens is 344 g/mol. The highest BCUT2D eigenvalue weighted by Crippen LogP contribution is 2.44. The van der Waals surface area contributed by atoms with Crippen LogP contribution in [-0.4, -0.2) is 47.6 Å². The van der Waals surface area contributed by atoms with Gasteiger partial charge in [0.15, 0.2) is 0 Å². The first-order valence-corrected chi connectivity index (χ1v) is 8.91. The lowest BCUT2D eigenvalue weighted by Gasteiger charge is -2.28. The van der Waals surface area contributed by atoms with Crippen LogP contribution in [0, 0.1) is 5.82 Å². The molecule has 1 aromatic rings. The van der Waals surface area contributed by atoms with Crippen molar-refractivity contribution < 1.29 is 22.4 Å². The van der Waals surface area contributed by atoms with Crippen molar-refractivity contribution in [2.45, 2.75) is 24.4 Å². The van der Waals surface area contributed by atoms with Gasteiger partial charge in [0, 0.05) is 13.1 Å². The molecule has 0 aliphatic carbocycles. The van der Waals surface area contributed by atoms with Gasteiger partial charge in [0.25, 0.3) is 0 Å². The molecule has 1 amide bonds. The minimum atomic E-state index is -4.57. The highest BCUT2D eigenvalue weighted by Gasteiger charge is 2.40. The molecule has 2 aliphatic heterocycles. The van der Waals surface area contributed by atoms with Crippen LogP contribution in [0.4, 0.5) is 17.6 Å². The predicted octanol–water partition coefficient (Wildman–Crippen LogP) is 3.51. The summed E-state index contributed by atoms with van der Waals surface area (Å²) in [7, 11) is 0. The van der Waals surface area contributed by atoms with Crippen LogP contribution in [0.15, 0.2) is 18.2 Å². The smallest absolute Gasteiger partial charge is 0.325 e. The fourth-order valence-corrected chi connectivity index (χ4v) is 4.45. The first-order valence-electron chi connectivity index (χ1n) is 7.86. The summed E-state index contributed by atoms with van der Waals surface area (Å²) in [5, 5.41) is -0.785. The van der Waals surface area contributed by atoms with Gasteiger partial charge in [-0.1, -0.05) is 0 Å². The van der Waals surface area contributed by atoms with E-state index in [4.69, 9.17) is 0 Å². The normalized spacial score (nSPS) is 22.6. The number of carbonyl (C=O) groups is 1. The van der Waals surface area contributed by atoms with Crippen molar-refractivity contribution in [2.75, 3.05) is 31.9 Å². The third-order valence-corrected chi connectivity index (χ3v) is 5.65. The van der Waals surface area contributed by atoms with Gasteiger partial charge >= 0.3 is 6.18 Å². The lowest BCUT2D eigenvalue weighted by Crippen LogP contribution is -2.36. The number of benzene rings is 1. The molecule has 1 atom stereocenters. The molecule has 1 unspecified atom stereocenters. The number of rotatable bonds is 4. The summed E-state index contributed by atoms with van der Waals surface area (Å²) in [5.41, 5.74) is -1.04. The maximum absolute atomic E-state index is 13.6. The van der Waals surface area contributed by atoms with Gasteiger partial charge in [0.2, 0.25) is 5.91 Å². The van der Waals surface area contributed by atoms with E-state index in [1.54, 1.807) is 0 Å². The Kier molecular flexibility index (Phi) is 5.05. The quantitative estimate of drug-likeness (QED) is 0.766. The zero-order valence-corrected chi connectivity index (χ0v) is 13.8. The minimum Gasteiger partial charge on any atom is -0.325 e. The third kappa shape index (κ3) is 3.69. The van der Waals surface area contributed by atoms with Crippen molar-refractivity contribution in [3.05, 3.63) is 35.1 Å². The maximum Gasteiger partial charge on any atom is 0.416 e. The van der Waals surface area contributed by atoms with Gasteiger partial charge in [-0.15, -0.1) is 11.8 Å². The molecule has 0 radical (unpaired) electrons. The summed E-state index contributed by atoms with van der Waals surface area (Å²) in [6.45, 7) is 2.91. The molecule has 3 nitrogen and oxygen atoms in total. The van der Waals surface area contributed by atoms with E-state index in [1.165, 1.54) is 4.90 Å². The van der Waals surface area contributed by atoms with Crippen molar-refractivity contribution in [1.29, 1.82) is 0 Å². The SMILES string of the molecule is O=C1CSC(c2cc(F)ccc2C(F)(F)F)N1CCN1CCCC1. The summed E-state index contributed by atoms with van der Waals surface area (Å²) in [4.78, 5) is 15.8. The molecule has 3 rings (SSSR count). The number of carbonyl (C=O) groups excluding carboxylic acids is 1. The second-order valence-corrected chi connectivity index (χ2v) is 7.10. The van der Waals surface area contributed by atoms with Gasteiger partial charge in [-0.2, -0.15) is 13.2 Å². The Morgan fingerprint density at radius 2 is 1.88 bits per heavy atom. The Morgan fingerprint density at radius 3 is 2.54 bits per heavy atom. The number of hydrogen-bond donors (Lipinski definition) is 0. The molecule has 2 heterocycles. The van der Waals surface area contributed by atoms with Crippen LogP contribution in [-0.2, 0) is 11.0 Å². The van der Waals surface area contributed by atoms with E-state index in [0.717, 1.165) is 55.9 Å². The van der Waals surface area contributed by atoms with Gasteiger partial charge in [-0.25, -0.2) is 4.39 Å². The highest BCUT2D eigenvalue weighted by molar-refractivity contribution is 8.00. The van der Waals surface area contributed by atoms with Crippen molar-refractivity contribution in [3.63, 3.8) is 0 Å². The fourth-order valence-electron chi connectivity index (χ4n) is 3.20. The Bertz CT molecular complexity index is 617. The number of thioether (sulfide) groups is 1. The molecule has 2 fully saturated rings. The molecule has 24 heavy (non-hydrogen) atoms. The Hall–Kier alpha value is -1.28. The van der Waals surface area contributed by atoms with Crippen LogP contribution < -0.4 is 0 Å². The van der Waals surface area contributed by atoms with E-state index in [-0.39, 0.29) is 17.2 Å². The molecule has 2 aliphatic rings. The van der Waals surface area contributed by atoms with Gasteiger partial charge in [0.05, 0.1) is 11.3 Å². The predicted molar refractivity (Wildman–Crippen MR) is 84.0 cm³/mol. The van der Waals surface area contributed by atoms with Crippen LogP contribution in [0.3, 0.4) is 0 Å². The molecule has 0 saturated carbocycles. The Labute approximate surface area is 142 Å². The number of halogens is 4. The number of alkyl halides is 3. The van der Waals surface area contributed by atoms with Crippen molar-refractivity contribution in [2.24, 2.45) is 0 Å². The van der Waals surface area contributed by atoms with E-state index in [1.807, 2.05) is 0 Å². The summed E-state index contributed by atoms with van der Waals surface area (Å²) in [5.74, 6) is -0.794. The number of nitrogens with zero attached hydrogens (tertiary/aromatic N) is 2. The second-order valence-electron chi connectivity index (χ2n) is 6.03. The van der Waals surface area contributed by atoms with Crippen molar-refractivity contribution in [1.82, 2.24) is 9.80 Å². The van der Waals surface area contributed by atoms with Crippen LogP contribution in [0.25, 0.3) is 0 Å². The summed E-state index contributed by atoms with van der Waals surface area (Å²) in [6.07, 6.45) is -2.36. The summed E-state index contributed by atoms with van der Waals surface area (Å²) < 4.78 is 53.3. The van der Waals surface area contributed by atoms with Crippen molar-refractivity contribution in [3.8, 4) is 0 Å². The highest BCUT2D eigenvalue weighted by atomic mass is 32.2. The maximum atomic E-state index is 13.6. The van der Waals surface area contributed by atoms with E-state index < -0.39 is 22.9 Å².